The fourth-order valence-electron chi connectivity index (χ4n) is 3.86. The molecular formula is C19H23ClN4O2S2. The number of nitrogens with zero attached hydrogens (tertiary/aromatic N) is 2. The molecule has 4 rings (SSSR count). The fourth-order valence-corrected chi connectivity index (χ4v) is 6.32. The molecule has 1 saturated carbocycles. The van der Waals surface area contributed by atoms with Gasteiger partial charge in [-0.1, -0.05) is 37.3 Å². The normalized spacial score (nSPS) is 35.4. The molecule has 6 nitrogen and oxygen atoms in total. The zero-order chi connectivity index (χ0) is 20.1. The first-order valence-electron chi connectivity index (χ1n) is 9.26. The number of hydrogen-bond acceptors (Lipinski definition) is 6. The molecule has 5 atom stereocenters. The van der Waals surface area contributed by atoms with Gasteiger partial charge in [-0.3, -0.25) is 4.99 Å². The molecule has 0 saturated heterocycles. The van der Waals surface area contributed by atoms with Gasteiger partial charge >= 0.3 is 0 Å². The lowest BCUT2D eigenvalue weighted by Crippen LogP contribution is -2.24. The number of rotatable bonds is 5. The van der Waals surface area contributed by atoms with E-state index in [0.29, 0.717) is 17.5 Å². The lowest BCUT2D eigenvalue weighted by molar-refractivity contribution is 0.500. The molecule has 0 bridgehead atoms. The molecule has 1 aliphatic carbocycles. The van der Waals surface area contributed by atoms with E-state index in [-0.39, 0.29) is 15.4 Å². The van der Waals surface area contributed by atoms with Crippen LogP contribution in [0.2, 0.25) is 0 Å². The average molecular weight is 439 g/mol. The quantitative estimate of drug-likeness (QED) is 0.688. The van der Waals surface area contributed by atoms with Crippen molar-refractivity contribution >= 4 is 44.8 Å². The maximum absolute atomic E-state index is 11.6. The van der Waals surface area contributed by atoms with Gasteiger partial charge in [0, 0.05) is 23.6 Å². The van der Waals surface area contributed by atoms with E-state index < -0.39 is 10.0 Å². The van der Waals surface area contributed by atoms with Gasteiger partial charge in [0.05, 0.1) is 22.7 Å². The van der Waals surface area contributed by atoms with Gasteiger partial charge in [-0.25, -0.2) is 13.6 Å². The highest BCUT2D eigenvalue weighted by atomic mass is 35.5. The highest BCUT2D eigenvalue weighted by Gasteiger charge is 2.41. The summed E-state index contributed by atoms with van der Waals surface area (Å²) in [5.41, 5.74) is 5.80. The lowest BCUT2D eigenvalue weighted by Gasteiger charge is -2.24. The predicted molar refractivity (Wildman–Crippen MR) is 117 cm³/mol. The SMILES string of the molecule is C=C1C(C2CC=C(S(N)(=O)=O)S2)=NC=C(Cl)C1C=CC1=NNC(C2CC2C)C1. The van der Waals surface area contributed by atoms with Crippen LogP contribution in [0.25, 0.3) is 0 Å². The standard InChI is InChI=1S/C19H23ClN4O2S2/c1-10-7-14(10)16-8-12(23-24-16)3-4-13-11(2)19(22-9-15(13)20)17-5-6-18(27-17)28(21,25)26/h3-4,6,9-10,13-14,16-17,24H,2,5,7-8H2,1H3,(H2,21,25,26). The number of thioether (sulfide) groups is 1. The van der Waals surface area contributed by atoms with Crippen molar-refractivity contribution in [3.63, 3.8) is 0 Å². The Morgan fingerprint density at radius 2 is 2.21 bits per heavy atom. The summed E-state index contributed by atoms with van der Waals surface area (Å²) in [6, 6.07) is 0.435. The Labute approximate surface area is 174 Å². The second-order valence-electron chi connectivity index (χ2n) is 7.72. The van der Waals surface area contributed by atoms with Crippen LogP contribution in [0.1, 0.15) is 26.2 Å². The van der Waals surface area contributed by atoms with E-state index in [9.17, 15) is 8.42 Å². The summed E-state index contributed by atoms with van der Waals surface area (Å²) >= 11 is 7.61. The number of primary sulfonamides is 1. The number of sulfonamides is 1. The van der Waals surface area contributed by atoms with Crippen molar-refractivity contribution in [2.75, 3.05) is 0 Å². The molecular weight excluding hydrogens is 416 g/mol. The molecule has 0 aromatic carbocycles. The number of hydrogen-bond donors (Lipinski definition) is 2. The second kappa shape index (κ2) is 7.48. The molecule has 3 aliphatic heterocycles. The Balaban J connectivity index is 1.42. The molecule has 0 aromatic rings. The number of hydrazone groups is 1. The summed E-state index contributed by atoms with van der Waals surface area (Å²) in [7, 11) is -3.69. The van der Waals surface area contributed by atoms with E-state index in [0.717, 1.165) is 35.3 Å². The molecule has 4 aliphatic rings. The van der Waals surface area contributed by atoms with Crippen LogP contribution >= 0.6 is 23.4 Å². The topological polar surface area (TPSA) is 96.9 Å². The molecule has 3 heterocycles. The first-order valence-corrected chi connectivity index (χ1v) is 12.1. The number of nitrogens with one attached hydrogen (secondary N) is 1. The summed E-state index contributed by atoms with van der Waals surface area (Å²) in [6.07, 6.45) is 10.0. The molecule has 3 N–H and O–H groups in total. The monoisotopic (exact) mass is 438 g/mol. The van der Waals surface area contributed by atoms with Crippen LogP contribution in [0.3, 0.4) is 0 Å². The highest BCUT2D eigenvalue weighted by Crippen LogP contribution is 2.43. The van der Waals surface area contributed by atoms with E-state index in [1.54, 1.807) is 12.3 Å². The van der Waals surface area contributed by atoms with Crippen molar-refractivity contribution in [3.8, 4) is 0 Å². The molecule has 0 radical (unpaired) electrons. The maximum Gasteiger partial charge on any atom is 0.243 e. The molecule has 150 valence electrons. The minimum absolute atomic E-state index is 0.121. The van der Waals surface area contributed by atoms with Crippen molar-refractivity contribution < 1.29 is 8.42 Å². The zero-order valence-electron chi connectivity index (χ0n) is 15.5. The summed E-state index contributed by atoms with van der Waals surface area (Å²) < 4.78 is 23.3. The second-order valence-corrected chi connectivity index (χ2v) is 11.2. The summed E-state index contributed by atoms with van der Waals surface area (Å²) in [5.74, 6) is 1.32. The van der Waals surface area contributed by atoms with E-state index in [1.807, 2.05) is 12.2 Å². The van der Waals surface area contributed by atoms with Crippen LogP contribution in [-0.2, 0) is 10.0 Å². The van der Waals surface area contributed by atoms with Crippen molar-refractivity contribution in [2.24, 2.45) is 33.0 Å². The van der Waals surface area contributed by atoms with Gasteiger partial charge in [-0.2, -0.15) is 5.10 Å². The van der Waals surface area contributed by atoms with Crippen LogP contribution in [-0.4, -0.2) is 31.1 Å². The van der Waals surface area contributed by atoms with Gasteiger partial charge in [0.15, 0.2) is 0 Å². The van der Waals surface area contributed by atoms with Gasteiger partial charge in [0.2, 0.25) is 10.0 Å². The summed E-state index contributed by atoms with van der Waals surface area (Å²) in [4.78, 5) is 4.43. The summed E-state index contributed by atoms with van der Waals surface area (Å²) in [5, 5.41) is 10.2. The number of aliphatic imine (C=N–C) groups is 1. The van der Waals surface area contributed by atoms with Crippen LogP contribution in [0.4, 0.5) is 0 Å². The number of allylic oxidation sites excluding steroid dienone is 5. The van der Waals surface area contributed by atoms with Crippen molar-refractivity contribution in [2.45, 2.75) is 37.5 Å². The Morgan fingerprint density at radius 1 is 1.46 bits per heavy atom. The van der Waals surface area contributed by atoms with Gasteiger partial charge in [0.1, 0.15) is 4.24 Å². The van der Waals surface area contributed by atoms with E-state index in [1.165, 1.54) is 18.2 Å². The van der Waals surface area contributed by atoms with Crippen molar-refractivity contribution in [1.29, 1.82) is 0 Å². The van der Waals surface area contributed by atoms with E-state index >= 15 is 0 Å². The molecule has 28 heavy (non-hydrogen) atoms. The van der Waals surface area contributed by atoms with Crippen LogP contribution in [0.5, 0.6) is 0 Å². The van der Waals surface area contributed by atoms with Crippen molar-refractivity contribution in [3.05, 3.63) is 45.8 Å². The fraction of sp³-hybridized carbons (Fsp3) is 0.474. The van der Waals surface area contributed by atoms with Gasteiger partial charge < -0.3 is 5.43 Å². The lowest BCUT2D eigenvalue weighted by atomic mass is 9.90. The maximum atomic E-state index is 11.6. The Morgan fingerprint density at radius 3 is 2.86 bits per heavy atom. The van der Waals surface area contributed by atoms with Crippen molar-refractivity contribution in [1.82, 2.24) is 5.43 Å². The van der Waals surface area contributed by atoms with Gasteiger partial charge in [-0.05, 0) is 36.3 Å². The molecule has 5 unspecified atom stereocenters. The third-order valence-electron chi connectivity index (χ3n) is 5.64. The third kappa shape index (κ3) is 4.01. The first kappa shape index (κ1) is 19.9. The smallest absolute Gasteiger partial charge is 0.243 e. The molecule has 0 spiro atoms. The number of halogens is 1. The zero-order valence-corrected chi connectivity index (χ0v) is 17.9. The largest absolute Gasteiger partial charge is 0.306 e. The van der Waals surface area contributed by atoms with Gasteiger partial charge in [0.25, 0.3) is 0 Å². The Kier molecular flexibility index (Phi) is 5.33. The Bertz CT molecular complexity index is 964. The molecule has 0 aromatic heterocycles. The first-order chi connectivity index (χ1) is 13.2. The van der Waals surface area contributed by atoms with E-state index in [2.05, 4.69) is 29.0 Å². The van der Waals surface area contributed by atoms with Crippen LogP contribution < -0.4 is 10.6 Å². The molecule has 9 heteroatoms. The summed E-state index contributed by atoms with van der Waals surface area (Å²) in [6.45, 7) is 6.46. The minimum atomic E-state index is -3.69. The predicted octanol–water partition coefficient (Wildman–Crippen LogP) is 3.26. The van der Waals surface area contributed by atoms with Crippen LogP contribution in [0.15, 0.2) is 55.9 Å². The van der Waals surface area contributed by atoms with Gasteiger partial charge in [-0.15, -0.1) is 11.8 Å². The third-order valence-corrected chi connectivity index (χ3v) is 8.79. The number of nitrogens with two attached hydrogens (primary N) is 1. The van der Waals surface area contributed by atoms with E-state index in [4.69, 9.17) is 16.7 Å². The molecule has 0 amide bonds. The average Bonchev–Trinajstić information content (AvgIpc) is 3.04. The van der Waals surface area contributed by atoms with Crippen LogP contribution in [0, 0.1) is 17.8 Å². The molecule has 1 fully saturated rings. The Hall–Kier alpha value is -1.35. The highest BCUT2D eigenvalue weighted by molar-refractivity contribution is 8.18. The minimum Gasteiger partial charge on any atom is -0.306 e.